The monoisotopic (exact) mass is 437 g/mol. The van der Waals surface area contributed by atoms with E-state index < -0.39 is 0 Å². The Hall–Kier alpha value is -2.18. The molecule has 1 amide bonds. The highest BCUT2D eigenvalue weighted by atomic mass is 16.5. The van der Waals surface area contributed by atoms with Crippen LogP contribution in [0.1, 0.15) is 56.8 Å². The van der Waals surface area contributed by atoms with E-state index in [4.69, 9.17) is 9.47 Å². The number of fused-ring (bicyclic) bond motifs is 1. The third-order valence-corrected chi connectivity index (χ3v) is 8.56. The molecule has 1 N–H and O–H groups in total. The van der Waals surface area contributed by atoms with Gasteiger partial charge in [-0.25, -0.2) is 0 Å². The maximum Gasteiger partial charge on any atom is 0.222 e. The molecule has 2 aromatic rings. The lowest BCUT2D eigenvalue weighted by molar-refractivity contribution is -0.137. The number of amides is 1. The van der Waals surface area contributed by atoms with Gasteiger partial charge in [0.2, 0.25) is 5.91 Å². The second-order valence-electron chi connectivity index (χ2n) is 10.5. The molecule has 1 saturated heterocycles. The minimum absolute atomic E-state index is 0.0991. The number of benzene rings is 1. The molecule has 6 heteroatoms. The van der Waals surface area contributed by atoms with Crippen LogP contribution in [0, 0.1) is 22.7 Å². The molecule has 5 rings (SSSR count). The van der Waals surface area contributed by atoms with E-state index in [0.29, 0.717) is 24.9 Å². The first-order valence-corrected chi connectivity index (χ1v) is 11.9. The molecule has 2 bridgehead atoms. The molecule has 6 nitrogen and oxygen atoms in total. The maximum absolute atomic E-state index is 12.7. The number of hydrogen-bond donors (Lipinski definition) is 1. The van der Waals surface area contributed by atoms with Crippen molar-refractivity contribution in [1.82, 2.24) is 15.1 Å². The van der Waals surface area contributed by atoms with Crippen molar-refractivity contribution in [2.45, 2.75) is 58.2 Å². The summed E-state index contributed by atoms with van der Waals surface area (Å²) >= 11 is 0. The fourth-order valence-corrected chi connectivity index (χ4v) is 6.94. The number of carbonyl (C=O) groups excluding carboxylic acids is 1. The molecule has 2 aliphatic carbocycles. The third-order valence-electron chi connectivity index (χ3n) is 8.56. The Kier molecular flexibility index (Phi) is 5.62. The van der Waals surface area contributed by atoms with Crippen molar-refractivity contribution in [3.63, 3.8) is 0 Å². The summed E-state index contributed by atoms with van der Waals surface area (Å²) < 4.78 is 13.5. The largest absolute Gasteiger partial charge is 0.384 e. The lowest BCUT2D eigenvalue weighted by Crippen LogP contribution is -2.59. The van der Waals surface area contributed by atoms with Crippen molar-refractivity contribution in [3.05, 3.63) is 53.9 Å². The van der Waals surface area contributed by atoms with Gasteiger partial charge in [0.05, 0.1) is 19.3 Å². The minimum atomic E-state index is 0.0991. The maximum atomic E-state index is 12.7. The molecular formula is C26H35N3O3. The van der Waals surface area contributed by atoms with E-state index in [2.05, 4.69) is 48.5 Å². The number of nitrogens with zero attached hydrogens (tertiary/aromatic N) is 2. The van der Waals surface area contributed by atoms with Gasteiger partial charge in [-0.05, 0) is 59.1 Å². The number of ether oxygens (including phenoxy) is 2. The van der Waals surface area contributed by atoms with Crippen LogP contribution < -0.4 is 5.32 Å². The molecule has 3 aliphatic rings. The summed E-state index contributed by atoms with van der Waals surface area (Å²) in [4.78, 5) is 12.7. The zero-order valence-corrected chi connectivity index (χ0v) is 19.4. The smallest absolute Gasteiger partial charge is 0.222 e. The molecule has 0 radical (unpaired) electrons. The number of rotatable bonds is 7. The van der Waals surface area contributed by atoms with E-state index in [9.17, 15) is 4.79 Å². The van der Waals surface area contributed by atoms with E-state index in [-0.39, 0.29) is 28.9 Å². The summed E-state index contributed by atoms with van der Waals surface area (Å²) in [6.07, 6.45) is 7.72. The standard InChI is InChI=1S/C26H35N3O3/c1-25(2)20-15-21-23(19-7-5-18(6-8-19)17-29-12-4-11-27-29)32-14-10-26(21,16-20)24(25)28-22(30)9-13-31-3/h4-8,11-12,20-21,23-24H,9-10,13-17H2,1-3H3,(H,28,30)/t20-,21-,23-,24+,26?/m1/s1. The molecule has 1 aromatic carbocycles. The highest BCUT2D eigenvalue weighted by Crippen LogP contribution is 2.70. The Morgan fingerprint density at radius 1 is 1.31 bits per heavy atom. The Balaban J connectivity index is 1.36. The van der Waals surface area contributed by atoms with Crippen molar-refractivity contribution in [3.8, 4) is 0 Å². The highest BCUT2D eigenvalue weighted by molar-refractivity contribution is 5.76. The SMILES string of the molecule is COCCC(=O)N[C@H]1C(C)(C)[C@@H]2C[C@@H]3[C@@H](c4ccc(Cn5cccn5)cc4)OCCC31C2. The first-order valence-electron chi connectivity index (χ1n) is 11.9. The van der Waals surface area contributed by atoms with Crippen molar-refractivity contribution < 1.29 is 14.3 Å². The van der Waals surface area contributed by atoms with E-state index in [1.54, 1.807) is 7.11 Å². The number of hydrogen-bond acceptors (Lipinski definition) is 4. The van der Waals surface area contributed by atoms with Crippen molar-refractivity contribution in [1.29, 1.82) is 0 Å². The average Bonchev–Trinajstić information content (AvgIpc) is 3.48. The van der Waals surface area contributed by atoms with Gasteiger partial charge in [0.25, 0.3) is 0 Å². The molecular weight excluding hydrogens is 402 g/mol. The van der Waals surface area contributed by atoms with Gasteiger partial charge in [0.15, 0.2) is 0 Å². The van der Waals surface area contributed by atoms with Crippen LogP contribution >= 0.6 is 0 Å². The summed E-state index contributed by atoms with van der Waals surface area (Å²) in [6.45, 7) is 6.69. The van der Waals surface area contributed by atoms with Gasteiger partial charge in [-0.3, -0.25) is 9.48 Å². The Morgan fingerprint density at radius 3 is 2.84 bits per heavy atom. The van der Waals surface area contributed by atoms with Gasteiger partial charge in [-0.15, -0.1) is 0 Å². The number of carbonyl (C=O) groups is 1. The van der Waals surface area contributed by atoms with Crippen LogP contribution in [0.4, 0.5) is 0 Å². The first-order chi connectivity index (χ1) is 15.4. The summed E-state index contributed by atoms with van der Waals surface area (Å²) in [5.41, 5.74) is 2.72. The van der Waals surface area contributed by atoms with Crippen LogP contribution in [0.5, 0.6) is 0 Å². The van der Waals surface area contributed by atoms with Crippen molar-refractivity contribution >= 4 is 5.91 Å². The summed E-state index contributed by atoms with van der Waals surface area (Å²) in [7, 11) is 1.65. The van der Waals surface area contributed by atoms with Gasteiger partial charge in [-0.1, -0.05) is 38.1 Å². The Bertz CT molecular complexity index is 940. The molecule has 1 spiro atoms. The fourth-order valence-electron chi connectivity index (χ4n) is 6.94. The Morgan fingerprint density at radius 2 is 2.12 bits per heavy atom. The zero-order valence-electron chi connectivity index (χ0n) is 19.4. The van der Waals surface area contributed by atoms with Crippen molar-refractivity contribution in [2.75, 3.05) is 20.3 Å². The molecule has 1 unspecified atom stereocenters. The Labute approximate surface area is 190 Å². The predicted octanol–water partition coefficient (Wildman–Crippen LogP) is 3.97. The molecule has 1 aliphatic heterocycles. The predicted molar refractivity (Wildman–Crippen MR) is 122 cm³/mol. The van der Waals surface area contributed by atoms with Crippen LogP contribution in [-0.2, 0) is 20.8 Å². The van der Waals surface area contributed by atoms with Gasteiger partial charge >= 0.3 is 0 Å². The topological polar surface area (TPSA) is 65.4 Å². The number of aromatic nitrogens is 2. The van der Waals surface area contributed by atoms with Crippen LogP contribution in [0.25, 0.3) is 0 Å². The minimum Gasteiger partial charge on any atom is -0.384 e. The fraction of sp³-hybridized carbons (Fsp3) is 0.615. The van der Waals surface area contributed by atoms with Crippen LogP contribution in [-0.4, -0.2) is 42.1 Å². The van der Waals surface area contributed by atoms with Crippen LogP contribution in [0.3, 0.4) is 0 Å². The summed E-state index contributed by atoms with van der Waals surface area (Å²) in [6, 6.07) is 11.0. The summed E-state index contributed by atoms with van der Waals surface area (Å²) in [5.74, 6) is 1.17. The molecule has 5 atom stereocenters. The molecule has 2 saturated carbocycles. The number of methoxy groups -OCH3 is 1. The van der Waals surface area contributed by atoms with E-state index >= 15 is 0 Å². The van der Waals surface area contributed by atoms with Crippen molar-refractivity contribution in [2.24, 2.45) is 22.7 Å². The van der Waals surface area contributed by atoms with E-state index in [0.717, 1.165) is 19.6 Å². The van der Waals surface area contributed by atoms with E-state index in [1.165, 1.54) is 24.0 Å². The second-order valence-corrected chi connectivity index (χ2v) is 10.5. The highest BCUT2D eigenvalue weighted by Gasteiger charge is 2.68. The lowest BCUT2D eigenvalue weighted by Gasteiger charge is -2.53. The van der Waals surface area contributed by atoms with Gasteiger partial charge in [-0.2, -0.15) is 5.10 Å². The molecule has 1 aromatic heterocycles. The normalized spacial score (nSPS) is 32.6. The quantitative estimate of drug-likeness (QED) is 0.712. The third kappa shape index (κ3) is 3.57. The average molecular weight is 438 g/mol. The second kappa shape index (κ2) is 8.31. The first kappa shape index (κ1) is 21.7. The number of nitrogens with one attached hydrogen (secondary N) is 1. The lowest BCUT2D eigenvalue weighted by atomic mass is 9.59. The van der Waals surface area contributed by atoms with Gasteiger partial charge in [0.1, 0.15) is 0 Å². The molecule has 2 heterocycles. The van der Waals surface area contributed by atoms with Gasteiger partial charge < -0.3 is 14.8 Å². The molecule has 32 heavy (non-hydrogen) atoms. The zero-order chi connectivity index (χ0) is 22.3. The van der Waals surface area contributed by atoms with Gasteiger partial charge in [0, 0.05) is 38.6 Å². The van der Waals surface area contributed by atoms with E-state index in [1.807, 2.05) is 23.1 Å². The van der Waals surface area contributed by atoms with Crippen LogP contribution in [0.15, 0.2) is 42.7 Å². The summed E-state index contributed by atoms with van der Waals surface area (Å²) in [5, 5.41) is 7.75. The molecule has 3 fully saturated rings. The molecule has 172 valence electrons. The van der Waals surface area contributed by atoms with Crippen LogP contribution in [0.2, 0.25) is 0 Å².